The highest BCUT2D eigenvalue weighted by atomic mass is 16.4. The molecule has 1 N–H and O–H groups in total. The lowest BCUT2D eigenvalue weighted by Gasteiger charge is -2.04. The maximum Gasteiger partial charge on any atom is 0.339 e. The van der Waals surface area contributed by atoms with Crippen molar-refractivity contribution in [1.29, 1.82) is 0 Å². The van der Waals surface area contributed by atoms with Gasteiger partial charge in [0.15, 0.2) is 11.6 Å². The Morgan fingerprint density at radius 2 is 2.29 bits per heavy atom. The summed E-state index contributed by atoms with van der Waals surface area (Å²) in [6, 6.07) is 1.81. The largest absolute Gasteiger partial charge is 0.478 e. The number of carboxylic acid groups (broad SMARTS) is 1. The van der Waals surface area contributed by atoms with Crippen molar-refractivity contribution in [1.82, 2.24) is 9.97 Å². The molecule has 0 amide bonds. The van der Waals surface area contributed by atoms with Crippen LogP contribution >= 0.6 is 0 Å². The number of hydrogen-bond acceptors (Lipinski definition) is 4. The molecular formula is C12H12N2O3. The Kier molecular flexibility index (Phi) is 2.91. The van der Waals surface area contributed by atoms with E-state index in [0.717, 1.165) is 5.56 Å². The van der Waals surface area contributed by atoms with Crippen LogP contribution < -0.4 is 0 Å². The van der Waals surface area contributed by atoms with Gasteiger partial charge in [-0.25, -0.2) is 14.8 Å². The van der Waals surface area contributed by atoms with Gasteiger partial charge < -0.3 is 9.52 Å². The lowest BCUT2D eigenvalue weighted by Crippen LogP contribution is -2.06. The van der Waals surface area contributed by atoms with Crippen molar-refractivity contribution in [2.75, 3.05) is 0 Å². The normalized spacial score (nSPS) is 10.5. The van der Waals surface area contributed by atoms with Crippen LogP contribution in [0.15, 0.2) is 22.9 Å². The highest BCUT2D eigenvalue weighted by molar-refractivity contribution is 5.88. The predicted molar refractivity (Wildman–Crippen MR) is 60.8 cm³/mol. The van der Waals surface area contributed by atoms with E-state index < -0.39 is 5.97 Å². The second kappa shape index (κ2) is 4.37. The van der Waals surface area contributed by atoms with E-state index in [0.29, 0.717) is 23.7 Å². The molecule has 88 valence electrons. The third-order valence-corrected chi connectivity index (χ3v) is 2.50. The van der Waals surface area contributed by atoms with Crippen molar-refractivity contribution >= 4 is 5.97 Å². The second-order valence-electron chi connectivity index (χ2n) is 3.65. The summed E-state index contributed by atoms with van der Waals surface area (Å²) in [6.07, 6.45) is 3.42. The standard InChI is InChI=1S/C12H12N2O3/c1-3-9-8(12(15)16)6-13-11(14-9)10-7(2)4-5-17-10/h4-6H,3H2,1-2H3,(H,15,16). The number of hydrogen-bond donors (Lipinski definition) is 1. The molecule has 0 aliphatic heterocycles. The van der Waals surface area contributed by atoms with Gasteiger partial charge in [-0.2, -0.15) is 0 Å². The molecule has 2 heterocycles. The van der Waals surface area contributed by atoms with Crippen LogP contribution in [-0.4, -0.2) is 21.0 Å². The molecule has 17 heavy (non-hydrogen) atoms. The van der Waals surface area contributed by atoms with Crippen molar-refractivity contribution in [2.24, 2.45) is 0 Å². The number of nitrogens with zero attached hydrogens (tertiary/aromatic N) is 2. The molecule has 2 rings (SSSR count). The molecule has 5 nitrogen and oxygen atoms in total. The molecule has 0 bridgehead atoms. The first-order chi connectivity index (χ1) is 8.13. The predicted octanol–water partition coefficient (Wildman–Crippen LogP) is 2.31. The summed E-state index contributed by atoms with van der Waals surface area (Å²) in [5, 5.41) is 8.97. The van der Waals surface area contributed by atoms with Crippen LogP contribution in [0.2, 0.25) is 0 Å². The fourth-order valence-corrected chi connectivity index (χ4v) is 1.58. The highest BCUT2D eigenvalue weighted by Crippen LogP contribution is 2.21. The van der Waals surface area contributed by atoms with Gasteiger partial charge in [-0.15, -0.1) is 0 Å². The molecule has 0 saturated carbocycles. The monoisotopic (exact) mass is 232 g/mol. The van der Waals surface area contributed by atoms with Gasteiger partial charge in [0.05, 0.1) is 17.5 Å². The first-order valence-corrected chi connectivity index (χ1v) is 5.27. The van der Waals surface area contributed by atoms with Crippen LogP contribution in [0.4, 0.5) is 0 Å². The molecular weight excluding hydrogens is 220 g/mol. The first-order valence-electron chi connectivity index (χ1n) is 5.27. The quantitative estimate of drug-likeness (QED) is 0.878. The Balaban J connectivity index is 2.52. The Labute approximate surface area is 98.1 Å². The van der Waals surface area contributed by atoms with Crippen LogP contribution in [0.3, 0.4) is 0 Å². The summed E-state index contributed by atoms with van der Waals surface area (Å²) in [5.74, 6) is -0.00412. The molecule has 0 aliphatic carbocycles. The Hall–Kier alpha value is -2.17. The number of rotatable bonds is 3. The van der Waals surface area contributed by atoms with E-state index in [1.807, 2.05) is 19.9 Å². The Bertz CT molecular complexity index is 561. The zero-order valence-electron chi connectivity index (χ0n) is 9.60. The van der Waals surface area contributed by atoms with Crippen molar-refractivity contribution in [2.45, 2.75) is 20.3 Å². The van der Waals surface area contributed by atoms with Crippen molar-refractivity contribution < 1.29 is 14.3 Å². The maximum atomic E-state index is 10.9. The minimum absolute atomic E-state index is 0.139. The van der Waals surface area contributed by atoms with E-state index in [9.17, 15) is 4.79 Å². The minimum Gasteiger partial charge on any atom is -0.478 e. The van der Waals surface area contributed by atoms with E-state index in [2.05, 4.69) is 9.97 Å². The van der Waals surface area contributed by atoms with Crippen LogP contribution in [-0.2, 0) is 6.42 Å². The van der Waals surface area contributed by atoms with Crippen molar-refractivity contribution in [3.63, 3.8) is 0 Å². The van der Waals surface area contributed by atoms with Crippen molar-refractivity contribution in [3.05, 3.63) is 35.3 Å². The summed E-state index contributed by atoms with van der Waals surface area (Å²) in [5.41, 5.74) is 1.58. The molecule has 0 unspecified atom stereocenters. The zero-order valence-corrected chi connectivity index (χ0v) is 9.60. The molecule has 0 atom stereocenters. The van der Waals surface area contributed by atoms with Gasteiger partial charge in [0, 0.05) is 6.20 Å². The number of carbonyl (C=O) groups is 1. The molecule has 0 saturated heterocycles. The second-order valence-corrected chi connectivity index (χ2v) is 3.65. The summed E-state index contributed by atoms with van der Waals surface area (Å²) < 4.78 is 5.28. The van der Waals surface area contributed by atoms with E-state index in [1.165, 1.54) is 6.20 Å². The number of aromatic carboxylic acids is 1. The Morgan fingerprint density at radius 3 is 2.82 bits per heavy atom. The van der Waals surface area contributed by atoms with Crippen LogP contribution in [0.25, 0.3) is 11.6 Å². The van der Waals surface area contributed by atoms with E-state index in [-0.39, 0.29) is 5.56 Å². The smallest absolute Gasteiger partial charge is 0.339 e. The molecule has 0 aliphatic rings. The third kappa shape index (κ3) is 2.04. The number of carboxylic acids is 1. The zero-order chi connectivity index (χ0) is 12.4. The van der Waals surface area contributed by atoms with Gasteiger partial charge in [0.1, 0.15) is 0 Å². The van der Waals surface area contributed by atoms with Crippen molar-refractivity contribution in [3.8, 4) is 11.6 Å². The molecule has 0 spiro atoms. The molecule has 2 aromatic rings. The number of furan rings is 1. The molecule has 0 radical (unpaired) electrons. The lowest BCUT2D eigenvalue weighted by atomic mass is 10.2. The van der Waals surface area contributed by atoms with E-state index >= 15 is 0 Å². The fraction of sp³-hybridized carbons (Fsp3) is 0.250. The summed E-state index contributed by atoms with van der Waals surface area (Å²) in [6.45, 7) is 3.74. The summed E-state index contributed by atoms with van der Waals surface area (Å²) in [7, 11) is 0. The summed E-state index contributed by atoms with van der Waals surface area (Å²) >= 11 is 0. The average Bonchev–Trinajstić information content (AvgIpc) is 2.74. The average molecular weight is 232 g/mol. The Morgan fingerprint density at radius 1 is 1.53 bits per heavy atom. The van der Waals surface area contributed by atoms with Crippen LogP contribution in [0.5, 0.6) is 0 Å². The van der Waals surface area contributed by atoms with Gasteiger partial charge in [0.2, 0.25) is 0 Å². The SMILES string of the molecule is CCc1nc(-c2occc2C)ncc1C(=O)O. The maximum absolute atomic E-state index is 10.9. The first kappa shape index (κ1) is 11.3. The van der Waals surface area contributed by atoms with Gasteiger partial charge in [-0.05, 0) is 25.0 Å². The topological polar surface area (TPSA) is 76.2 Å². The molecule has 0 aromatic carbocycles. The van der Waals surface area contributed by atoms with Gasteiger partial charge in [-0.3, -0.25) is 0 Å². The highest BCUT2D eigenvalue weighted by Gasteiger charge is 2.15. The third-order valence-electron chi connectivity index (χ3n) is 2.50. The lowest BCUT2D eigenvalue weighted by molar-refractivity contribution is 0.0694. The van der Waals surface area contributed by atoms with Gasteiger partial charge in [-0.1, -0.05) is 6.92 Å². The van der Waals surface area contributed by atoms with Crippen LogP contribution in [0.1, 0.15) is 28.5 Å². The van der Waals surface area contributed by atoms with Gasteiger partial charge >= 0.3 is 5.97 Å². The van der Waals surface area contributed by atoms with Gasteiger partial charge in [0.25, 0.3) is 0 Å². The van der Waals surface area contributed by atoms with E-state index in [4.69, 9.17) is 9.52 Å². The molecule has 0 fully saturated rings. The fourth-order valence-electron chi connectivity index (χ4n) is 1.58. The number of aryl methyl sites for hydroxylation is 2. The van der Waals surface area contributed by atoms with Crippen LogP contribution in [0, 0.1) is 6.92 Å². The summed E-state index contributed by atoms with van der Waals surface area (Å²) in [4.78, 5) is 19.2. The van der Waals surface area contributed by atoms with E-state index in [1.54, 1.807) is 6.26 Å². The molecule has 5 heteroatoms. The molecule has 2 aromatic heterocycles. The number of aromatic nitrogens is 2. The minimum atomic E-state index is -1.01.